The molecule has 4 rings (SSSR count). The predicted molar refractivity (Wildman–Crippen MR) is 131 cm³/mol. The van der Waals surface area contributed by atoms with Gasteiger partial charge in [-0.25, -0.2) is 4.98 Å². The predicted octanol–water partition coefficient (Wildman–Crippen LogP) is 4.29. The molecule has 0 aliphatic carbocycles. The fourth-order valence-corrected chi connectivity index (χ4v) is 4.74. The van der Waals surface area contributed by atoms with Gasteiger partial charge in [0.25, 0.3) is 5.91 Å². The normalized spacial score (nSPS) is 14.6. The minimum absolute atomic E-state index is 0.428. The molecule has 0 atom stereocenters. The van der Waals surface area contributed by atoms with Gasteiger partial charge < -0.3 is 15.8 Å². The highest BCUT2D eigenvalue weighted by atomic mass is 32.1. The average Bonchev–Trinajstić information content (AvgIpc) is 3.24. The Kier molecular flexibility index (Phi) is 6.75. The first kappa shape index (κ1) is 22.9. The Morgan fingerprint density at radius 1 is 1.24 bits per heavy atom. The van der Waals surface area contributed by atoms with Crippen molar-refractivity contribution in [3.8, 4) is 16.5 Å². The Morgan fingerprint density at radius 3 is 2.64 bits per heavy atom. The summed E-state index contributed by atoms with van der Waals surface area (Å²) in [6, 6.07) is 17.8. The van der Waals surface area contributed by atoms with Gasteiger partial charge in [0.15, 0.2) is 0 Å². The molecule has 0 bridgehead atoms. The first-order valence-corrected chi connectivity index (χ1v) is 11.7. The lowest BCUT2D eigenvalue weighted by Gasteiger charge is -2.26. The van der Waals surface area contributed by atoms with Crippen molar-refractivity contribution in [2.45, 2.75) is 25.8 Å². The molecule has 1 aliphatic heterocycles. The number of nitrogens with two attached hydrogens (primary N) is 1. The maximum absolute atomic E-state index is 12.1. The van der Waals surface area contributed by atoms with Crippen LogP contribution >= 0.6 is 11.3 Å². The van der Waals surface area contributed by atoms with E-state index < -0.39 is 11.3 Å². The number of rotatable bonds is 7. The van der Waals surface area contributed by atoms with Crippen molar-refractivity contribution in [1.29, 1.82) is 5.26 Å². The molecule has 1 aliphatic rings. The molecule has 0 radical (unpaired) electrons. The number of nitrogens with one attached hydrogen (secondary N) is 1. The summed E-state index contributed by atoms with van der Waals surface area (Å²) in [6.45, 7) is 7.80. The van der Waals surface area contributed by atoms with Crippen LogP contribution in [0.25, 0.3) is 10.4 Å². The Labute approximate surface area is 197 Å². The number of hydrogen-bond donors (Lipinski definition) is 2. The average molecular weight is 462 g/mol. The molecule has 3 N–H and O–H groups in total. The molecule has 1 aromatic carbocycles. The van der Waals surface area contributed by atoms with E-state index in [0.717, 1.165) is 54.5 Å². The topological polar surface area (TPSA) is 104 Å². The van der Waals surface area contributed by atoms with Gasteiger partial charge in [0.2, 0.25) is 0 Å². The van der Waals surface area contributed by atoms with Crippen molar-refractivity contribution in [1.82, 2.24) is 9.88 Å². The Balaban J connectivity index is 1.56. The quantitative estimate of drug-likeness (QED) is 0.544. The van der Waals surface area contributed by atoms with Gasteiger partial charge in [-0.1, -0.05) is 30.3 Å². The molecule has 8 heteroatoms. The molecule has 1 fully saturated rings. The number of anilines is 2. The summed E-state index contributed by atoms with van der Waals surface area (Å²) in [5, 5.41) is 13.3. The van der Waals surface area contributed by atoms with Crippen molar-refractivity contribution in [2.75, 3.05) is 31.6 Å². The second-order valence-electron chi connectivity index (χ2n) is 8.56. The second kappa shape index (κ2) is 9.71. The zero-order valence-electron chi connectivity index (χ0n) is 18.8. The molecular formula is C25H27N5O2S. The number of thiophene rings is 1. The number of morpholine rings is 1. The molecule has 0 spiro atoms. The largest absolute Gasteiger partial charge is 0.379 e. The van der Waals surface area contributed by atoms with Crippen molar-refractivity contribution in [3.63, 3.8) is 0 Å². The Morgan fingerprint density at radius 2 is 1.97 bits per heavy atom. The van der Waals surface area contributed by atoms with E-state index in [-0.39, 0.29) is 0 Å². The van der Waals surface area contributed by atoms with E-state index in [1.807, 2.05) is 56.3 Å². The van der Waals surface area contributed by atoms with E-state index in [2.05, 4.69) is 16.3 Å². The highest BCUT2D eigenvalue weighted by molar-refractivity contribution is 7.19. The van der Waals surface area contributed by atoms with E-state index in [1.54, 1.807) is 6.07 Å². The molecule has 1 saturated heterocycles. The maximum atomic E-state index is 12.1. The van der Waals surface area contributed by atoms with Gasteiger partial charge in [-0.2, -0.15) is 5.26 Å². The van der Waals surface area contributed by atoms with Crippen molar-refractivity contribution in [2.24, 2.45) is 5.73 Å². The highest BCUT2D eigenvalue weighted by Gasteiger charge is 2.20. The highest BCUT2D eigenvalue weighted by Crippen LogP contribution is 2.37. The van der Waals surface area contributed by atoms with Crippen LogP contribution in [0.5, 0.6) is 0 Å². The lowest BCUT2D eigenvalue weighted by atomic mass is 9.86. The van der Waals surface area contributed by atoms with Crippen LogP contribution in [0, 0.1) is 11.3 Å². The van der Waals surface area contributed by atoms with Crippen LogP contribution in [0.4, 0.5) is 10.8 Å². The summed E-state index contributed by atoms with van der Waals surface area (Å²) in [5.74, 6) is 0.175. The number of carbonyl (C=O) groups is 1. The van der Waals surface area contributed by atoms with E-state index in [0.29, 0.717) is 16.4 Å². The standard InChI is InChI=1S/C25H27N5O2S/c1-25(2,16-26)18-8-6-17(7-9-18)21-14-20(23(27)31)24(33-21)29-22-5-3-4-19(28-22)15-30-10-12-32-13-11-30/h3-9,14H,10-13,15H2,1-2H3,(H2,27,31)(H,28,29). The third-order valence-electron chi connectivity index (χ3n) is 5.71. The summed E-state index contributed by atoms with van der Waals surface area (Å²) in [6.07, 6.45) is 0. The maximum Gasteiger partial charge on any atom is 0.251 e. The van der Waals surface area contributed by atoms with Gasteiger partial charge in [0.05, 0.1) is 36.0 Å². The van der Waals surface area contributed by atoms with Crippen LogP contribution in [-0.4, -0.2) is 42.1 Å². The molecule has 0 saturated carbocycles. The van der Waals surface area contributed by atoms with Crippen LogP contribution in [-0.2, 0) is 16.7 Å². The molecule has 1 amide bonds. The van der Waals surface area contributed by atoms with Crippen LogP contribution in [0.3, 0.4) is 0 Å². The minimum Gasteiger partial charge on any atom is -0.379 e. The van der Waals surface area contributed by atoms with E-state index in [9.17, 15) is 10.1 Å². The van der Waals surface area contributed by atoms with Gasteiger partial charge in [0.1, 0.15) is 10.8 Å². The number of nitriles is 1. The molecule has 3 aromatic rings. The van der Waals surface area contributed by atoms with Crippen molar-refractivity contribution in [3.05, 3.63) is 65.4 Å². The molecule has 170 valence electrons. The number of ether oxygens (including phenoxy) is 1. The first-order valence-electron chi connectivity index (χ1n) is 10.8. The number of pyridine rings is 1. The van der Waals surface area contributed by atoms with Crippen LogP contribution in [0.1, 0.15) is 35.5 Å². The van der Waals surface area contributed by atoms with E-state index >= 15 is 0 Å². The lowest BCUT2D eigenvalue weighted by molar-refractivity contribution is 0.0337. The fraction of sp³-hybridized carbons (Fsp3) is 0.320. The summed E-state index contributed by atoms with van der Waals surface area (Å²) in [5.41, 5.74) is 8.39. The van der Waals surface area contributed by atoms with E-state index in [1.165, 1.54) is 11.3 Å². The smallest absolute Gasteiger partial charge is 0.251 e. The molecule has 33 heavy (non-hydrogen) atoms. The second-order valence-corrected chi connectivity index (χ2v) is 9.61. The molecule has 0 unspecified atom stereocenters. The number of aromatic nitrogens is 1. The molecular weight excluding hydrogens is 434 g/mol. The van der Waals surface area contributed by atoms with Crippen molar-refractivity contribution >= 4 is 28.1 Å². The third kappa shape index (κ3) is 5.40. The monoisotopic (exact) mass is 461 g/mol. The van der Waals surface area contributed by atoms with Gasteiger partial charge in [-0.3, -0.25) is 9.69 Å². The fourth-order valence-electron chi connectivity index (χ4n) is 3.67. The number of primary amides is 1. The summed E-state index contributed by atoms with van der Waals surface area (Å²) in [7, 11) is 0. The summed E-state index contributed by atoms with van der Waals surface area (Å²) >= 11 is 1.45. The zero-order valence-corrected chi connectivity index (χ0v) is 19.6. The Bertz CT molecular complexity index is 1170. The molecule has 2 aromatic heterocycles. The number of hydrogen-bond acceptors (Lipinski definition) is 7. The first-order chi connectivity index (χ1) is 15.9. The molecule has 7 nitrogen and oxygen atoms in total. The van der Waals surface area contributed by atoms with Crippen LogP contribution in [0.2, 0.25) is 0 Å². The van der Waals surface area contributed by atoms with Crippen molar-refractivity contribution < 1.29 is 9.53 Å². The number of nitrogens with zero attached hydrogens (tertiary/aromatic N) is 3. The zero-order chi connectivity index (χ0) is 23.4. The number of carbonyl (C=O) groups excluding carboxylic acids is 1. The van der Waals surface area contributed by atoms with Crippen LogP contribution in [0.15, 0.2) is 48.5 Å². The van der Waals surface area contributed by atoms with Gasteiger partial charge in [0, 0.05) is 24.5 Å². The number of benzene rings is 1. The summed E-state index contributed by atoms with van der Waals surface area (Å²) < 4.78 is 5.41. The third-order valence-corrected chi connectivity index (χ3v) is 6.81. The van der Waals surface area contributed by atoms with E-state index in [4.69, 9.17) is 15.5 Å². The SMILES string of the molecule is CC(C)(C#N)c1ccc(-c2cc(C(N)=O)c(Nc3cccc(CN4CCOCC4)n3)s2)cc1. The molecule has 3 heterocycles. The number of amides is 1. The van der Waals surface area contributed by atoms with Crippen LogP contribution < -0.4 is 11.1 Å². The van der Waals surface area contributed by atoms with Gasteiger partial charge in [-0.05, 0) is 43.2 Å². The summed E-state index contributed by atoms with van der Waals surface area (Å²) in [4.78, 5) is 20.1. The van der Waals surface area contributed by atoms with Gasteiger partial charge >= 0.3 is 0 Å². The van der Waals surface area contributed by atoms with Gasteiger partial charge in [-0.15, -0.1) is 11.3 Å². The lowest BCUT2D eigenvalue weighted by Crippen LogP contribution is -2.35. The minimum atomic E-state index is -0.559. The Hall–Kier alpha value is -3.25.